The largest absolute Gasteiger partial charge is 0.432 e. The highest BCUT2D eigenvalue weighted by Crippen LogP contribution is 2.16. The number of hydrogen-bond acceptors (Lipinski definition) is 5. The van der Waals surface area contributed by atoms with Gasteiger partial charge in [0.05, 0.1) is 6.61 Å². The maximum atomic E-state index is 8.94. The van der Waals surface area contributed by atoms with Crippen LogP contribution < -0.4 is 4.90 Å². The van der Waals surface area contributed by atoms with Crippen LogP contribution >= 0.6 is 0 Å². The van der Waals surface area contributed by atoms with Crippen LogP contribution in [-0.4, -0.2) is 47.7 Å². The van der Waals surface area contributed by atoms with Gasteiger partial charge in [0.1, 0.15) is 12.0 Å². The van der Waals surface area contributed by atoms with E-state index in [2.05, 4.69) is 28.6 Å². The minimum absolute atomic E-state index is 0.0587. The Morgan fingerprint density at radius 3 is 2.59 bits per heavy atom. The number of nitrogens with zero attached hydrogens (tertiary/aromatic N) is 3. The molecule has 1 aliphatic heterocycles. The van der Waals surface area contributed by atoms with E-state index in [0.29, 0.717) is 17.6 Å². The summed E-state index contributed by atoms with van der Waals surface area (Å²) in [6, 6.07) is 0.637. The van der Waals surface area contributed by atoms with Crippen molar-refractivity contribution in [2.45, 2.75) is 20.5 Å². The van der Waals surface area contributed by atoms with Crippen LogP contribution in [0.2, 0.25) is 0 Å². The summed E-state index contributed by atoms with van der Waals surface area (Å²) in [6.45, 7) is 9.57. The van der Waals surface area contributed by atoms with Crippen LogP contribution in [0.25, 0.3) is 0 Å². The molecule has 0 amide bonds. The quantitative estimate of drug-likeness (QED) is 0.847. The van der Waals surface area contributed by atoms with E-state index >= 15 is 0 Å². The van der Waals surface area contributed by atoms with Gasteiger partial charge in [0.2, 0.25) is 0 Å². The molecule has 5 nitrogen and oxygen atoms in total. The van der Waals surface area contributed by atoms with Gasteiger partial charge in [-0.3, -0.25) is 4.90 Å². The van der Waals surface area contributed by atoms with Crippen LogP contribution in [0.15, 0.2) is 10.7 Å². The third-order valence-electron chi connectivity index (χ3n) is 2.97. The molecule has 0 spiro atoms. The first-order valence-electron chi connectivity index (χ1n) is 6.21. The zero-order valence-electron chi connectivity index (χ0n) is 10.6. The van der Waals surface area contributed by atoms with Crippen molar-refractivity contribution in [1.29, 1.82) is 0 Å². The maximum absolute atomic E-state index is 8.94. The molecule has 1 aliphatic rings. The van der Waals surface area contributed by atoms with E-state index in [9.17, 15) is 0 Å². The fraction of sp³-hybridized carbons (Fsp3) is 0.750. The fourth-order valence-electron chi connectivity index (χ4n) is 2.15. The van der Waals surface area contributed by atoms with Gasteiger partial charge >= 0.3 is 0 Å². The van der Waals surface area contributed by atoms with E-state index in [1.165, 1.54) is 6.26 Å². The summed E-state index contributed by atoms with van der Waals surface area (Å²) in [5.41, 5.74) is 0.601. The van der Waals surface area contributed by atoms with E-state index in [-0.39, 0.29) is 6.61 Å². The van der Waals surface area contributed by atoms with Crippen LogP contribution in [0.3, 0.4) is 0 Å². The monoisotopic (exact) mass is 239 g/mol. The zero-order chi connectivity index (χ0) is 12.3. The average molecular weight is 239 g/mol. The third kappa shape index (κ3) is 3.20. The normalized spacial score (nSPS) is 18.0. The van der Waals surface area contributed by atoms with Gasteiger partial charge in [0.25, 0.3) is 6.01 Å². The van der Waals surface area contributed by atoms with Crippen molar-refractivity contribution in [3.05, 3.63) is 12.0 Å². The SMILES string of the molecule is CC(C)CN1CCN(c2nc(CO)co2)CC1. The lowest BCUT2D eigenvalue weighted by Gasteiger charge is -2.34. The Labute approximate surface area is 102 Å². The summed E-state index contributed by atoms with van der Waals surface area (Å²) in [7, 11) is 0. The van der Waals surface area contributed by atoms with Crippen molar-refractivity contribution in [2.75, 3.05) is 37.6 Å². The Morgan fingerprint density at radius 2 is 2.06 bits per heavy atom. The molecule has 1 fully saturated rings. The summed E-state index contributed by atoms with van der Waals surface area (Å²) in [4.78, 5) is 8.83. The molecule has 2 rings (SSSR count). The molecule has 1 N–H and O–H groups in total. The van der Waals surface area contributed by atoms with E-state index in [1.807, 2.05) is 0 Å². The molecule has 0 saturated carbocycles. The summed E-state index contributed by atoms with van der Waals surface area (Å²) >= 11 is 0. The first kappa shape index (κ1) is 12.4. The highest BCUT2D eigenvalue weighted by Gasteiger charge is 2.20. The molecule has 2 heterocycles. The Morgan fingerprint density at radius 1 is 1.35 bits per heavy atom. The molecule has 96 valence electrons. The van der Waals surface area contributed by atoms with Gasteiger partial charge in [-0.1, -0.05) is 13.8 Å². The molecule has 0 atom stereocenters. The Hall–Kier alpha value is -1.07. The maximum Gasteiger partial charge on any atom is 0.297 e. The lowest BCUT2D eigenvalue weighted by molar-refractivity contribution is 0.227. The minimum Gasteiger partial charge on any atom is -0.432 e. The van der Waals surface area contributed by atoms with Crippen molar-refractivity contribution in [1.82, 2.24) is 9.88 Å². The number of hydrogen-bond donors (Lipinski definition) is 1. The van der Waals surface area contributed by atoms with Gasteiger partial charge in [-0.05, 0) is 5.92 Å². The summed E-state index contributed by atoms with van der Waals surface area (Å²) < 4.78 is 5.35. The topological polar surface area (TPSA) is 52.7 Å². The van der Waals surface area contributed by atoms with Crippen molar-refractivity contribution < 1.29 is 9.52 Å². The van der Waals surface area contributed by atoms with Gasteiger partial charge in [0.15, 0.2) is 0 Å². The molecule has 5 heteroatoms. The van der Waals surface area contributed by atoms with Gasteiger partial charge in [-0.25, -0.2) is 0 Å². The Balaban J connectivity index is 1.86. The molecule has 1 aromatic heterocycles. The molecule has 0 aliphatic carbocycles. The van der Waals surface area contributed by atoms with E-state index in [4.69, 9.17) is 9.52 Å². The number of aliphatic hydroxyl groups is 1. The van der Waals surface area contributed by atoms with Gasteiger partial charge < -0.3 is 14.4 Å². The highest BCUT2D eigenvalue weighted by atomic mass is 16.4. The molecular formula is C12H21N3O2. The molecule has 0 bridgehead atoms. The number of rotatable bonds is 4. The van der Waals surface area contributed by atoms with Crippen molar-refractivity contribution in [2.24, 2.45) is 5.92 Å². The molecule has 0 unspecified atom stereocenters. The first-order valence-corrected chi connectivity index (χ1v) is 6.21. The smallest absolute Gasteiger partial charge is 0.297 e. The van der Waals surface area contributed by atoms with Crippen LogP contribution in [0.4, 0.5) is 6.01 Å². The van der Waals surface area contributed by atoms with E-state index in [0.717, 1.165) is 32.7 Å². The molecule has 1 aromatic rings. The summed E-state index contributed by atoms with van der Waals surface area (Å²) in [5, 5.41) is 8.94. The van der Waals surface area contributed by atoms with E-state index in [1.54, 1.807) is 0 Å². The van der Waals surface area contributed by atoms with Crippen LogP contribution in [0.1, 0.15) is 19.5 Å². The second kappa shape index (κ2) is 5.51. The first-order chi connectivity index (χ1) is 8.19. The number of anilines is 1. The third-order valence-corrected chi connectivity index (χ3v) is 2.97. The molecule has 17 heavy (non-hydrogen) atoms. The van der Waals surface area contributed by atoms with Crippen LogP contribution in [-0.2, 0) is 6.61 Å². The number of aromatic nitrogens is 1. The number of oxazole rings is 1. The van der Waals surface area contributed by atoms with Gasteiger partial charge in [-0.15, -0.1) is 0 Å². The molecule has 0 aromatic carbocycles. The van der Waals surface area contributed by atoms with Crippen LogP contribution in [0, 0.1) is 5.92 Å². The van der Waals surface area contributed by atoms with Crippen LogP contribution in [0.5, 0.6) is 0 Å². The van der Waals surface area contributed by atoms with E-state index < -0.39 is 0 Å². The molecule has 0 radical (unpaired) electrons. The average Bonchev–Trinajstić information content (AvgIpc) is 2.78. The second-order valence-corrected chi connectivity index (χ2v) is 4.96. The molecule has 1 saturated heterocycles. The van der Waals surface area contributed by atoms with Crippen molar-refractivity contribution >= 4 is 6.01 Å². The molecular weight excluding hydrogens is 218 g/mol. The minimum atomic E-state index is -0.0587. The lowest BCUT2D eigenvalue weighted by atomic mass is 10.2. The second-order valence-electron chi connectivity index (χ2n) is 4.96. The summed E-state index contributed by atoms with van der Waals surface area (Å²) in [6.07, 6.45) is 1.52. The number of piperazine rings is 1. The Bertz CT molecular complexity index is 343. The lowest BCUT2D eigenvalue weighted by Crippen LogP contribution is -2.47. The Kier molecular flexibility index (Phi) is 4.02. The van der Waals surface area contributed by atoms with Gasteiger partial charge in [-0.2, -0.15) is 4.98 Å². The number of aliphatic hydroxyl groups excluding tert-OH is 1. The standard InChI is InChI=1S/C12H21N3O2/c1-10(2)7-14-3-5-15(6-4-14)12-13-11(8-16)9-17-12/h9-10,16H,3-8H2,1-2H3. The van der Waals surface area contributed by atoms with Crippen molar-refractivity contribution in [3.8, 4) is 0 Å². The van der Waals surface area contributed by atoms with Crippen molar-refractivity contribution in [3.63, 3.8) is 0 Å². The fourth-order valence-corrected chi connectivity index (χ4v) is 2.15. The van der Waals surface area contributed by atoms with Gasteiger partial charge in [0, 0.05) is 32.7 Å². The zero-order valence-corrected chi connectivity index (χ0v) is 10.6. The summed E-state index contributed by atoms with van der Waals surface area (Å²) in [5.74, 6) is 0.712. The predicted octanol–water partition coefficient (Wildman–Crippen LogP) is 0.945. The predicted molar refractivity (Wildman–Crippen MR) is 65.9 cm³/mol. The highest BCUT2D eigenvalue weighted by molar-refractivity contribution is 5.27.